The lowest BCUT2D eigenvalue weighted by atomic mass is 10.0. The van der Waals surface area contributed by atoms with Crippen LogP contribution in [-0.2, 0) is 0 Å². The van der Waals surface area contributed by atoms with Gasteiger partial charge in [-0.15, -0.1) is 0 Å². The Morgan fingerprint density at radius 2 is 1.58 bits per heavy atom. The molecule has 4 aromatic rings. The number of piperazine rings is 1. The van der Waals surface area contributed by atoms with E-state index in [-0.39, 0.29) is 11.7 Å². The van der Waals surface area contributed by atoms with Crippen LogP contribution in [0.1, 0.15) is 10.4 Å². The molecule has 3 heterocycles. The maximum atomic E-state index is 13.5. The smallest absolute Gasteiger partial charge is 0.254 e. The predicted octanol–water partition coefficient (Wildman–Crippen LogP) is 3.79. The number of benzene rings is 2. The second kappa shape index (κ2) is 8.10. The predicted molar refractivity (Wildman–Crippen MR) is 117 cm³/mol. The highest BCUT2D eigenvalue weighted by Gasteiger charge is 2.25. The molecule has 1 fully saturated rings. The van der Waals surface area contributed by atoms with Gasteiger partial charge in [0.05, 0.1) is 16.8 Å². The Balaban J connectivity index is 1.45. The summed E-state index contributed by atoms with van der Waals surface area (Å²) in [6.07, 6.45) is 3.44. The van der Waals surface area contributed by atoms with Gasteiger partial charge in [0, 0.05) is 49.5 Å². The van der Waals surface area contributed by atoms with Crippen LogP contribution in [0, 0.1) is 5.82 Å². The Bertz CT molecular complexity index is 1220. The van der Waals surface area contributed by atoms with Crippen molar-refractivity contribution < 1.29 is 9.18 Å². The van der Waals surface area contributed by atoms with Gasteiger partial charge in [0.1, 0.15) is 5.82 Å². The summed E-state index contributed by atoms with van der Waals surface area (Å²) >= 11 is 0. The zero-order valence-electron chi connectivity index (χ0n) is 16.8. The van der Waals surface area contributed by atoms with Crippen molar-refractivity contribution in [1.29, 1.82) is 0 Å². The van der Waals surface area contributed by atoms with Gasteiger partial charge in [-0.2, -0.15) is 0 Å². The van der Waals surface area contributed by atoms with E-state index in [2.05, 4.69) is 14.9 Å². The molecular weight excluding hydrogens is 393 g/mol. The maximum Gasteiger partial charge on any atom is 0.254 e. The van der Waals surface area contributed by atoms with Crippen LogP contribution < -0.4 is 4.90 Å². The van der Waals surface area contributed by atoms with Gasteiger partial charge in [-0.3, -0.25) is 4.79 Å². The van der Waals surface area contributed by atoms with Crippen molar-refractivity contribution in [3.63, 3.8) is 0 Å². The first kappa shape index (κ1) is 19.1. The fourth-order valence-electron chi connectivity index (χ4n) is 3.86. The fourth-order valence-corrected chi connectivity index (χ4v) is 3.86. The molecule has 7 heteroatoms. The summed E-state index contributed by atoms with van der Waals surface area (Å²) in [5.74, 6) is 0.347. The van der Waals surface area contributed by atoms with Crippen LogP contribution in [0.25, 0.3) is 22.2 Å². The largest absolute Gasteiger partial charge is 0.337 e. The van der Waals surface area contributed by atoms with Crippen LogP contribution in [0.4, 0.5) is 10.3 Å². The molecule has 5 rings (SSSR count). The van der Waals surface area contributed by atoms with Crippen LogP contribution in [0.2, 0.25) is 0 Å². The lowest BCUT2D eigenvalue weighted by Gasteiger charge is -2.34. The Labute approximate surface area is 179 Å². The standard InChI is InChI=1S/C24H20FN5O/c25-18-8-6-17(7-9-18)22-16-20(19-4-1-2-5-21(19)28-22)23(31)29-12-14-30(15-13-29)24-26-10-3-11-27-24/h1-11,16H,12-15H2. The monoisotopic (exact) mass is 413 g/mol. The third-order valence-electron chi connectivity index (χ3n) is 5.49. The van der Waals surface area contributed by atoms with Gasteiger partial charge in [0.25, 0.3) is 5.91 Å². The van der Waals surface area contributed by atoms with Gasteiger partial charge >= 0.3 is 0 Å². The molecule has 2 aromatic heterocycles. The minimum absolute atomic E-state index is 0.0319. The van der Waals surface area contributed by atoms with Crippen LogP contribution in [0.15, 0.2) is 73.1 Å². The van der Waals surface area contributed by atoms with Crippen LogP contribution in [-0.4, -0.2) is 51.9 Å². The van der Waals surface area contributed by atoms with Crippen molar-refractivity contribution in [1.82, 2.24) is 19.9 Å². The van der Waals surface area contributed by atoms with Crippen molar-refractivity contribution in [2.24, 2.45) is 0 Å². The van der Waals surface area contributed by atoms with E-state index in [0.717, 1.165) is 16.5 Å². The summed E-state index contributed by atoms with van der Waals surface area (Å²) in [6, 6.07) is 17.4. The second-order valence-corrected chi connectivity index (χ2v) is 7.41. The third-order valence-corrected chi connectivity index (χ3v) is 5.49. The quantitative estimate of drug-likeness (QED) is 0.511. The fraction of sp³-hybridized carbons (Fsp3) is 0.167. The van der Waals surface area contributed by atoms with Gasteiger partial charge in [-0.25, -0.2) is 19.3 Å². The molecule has 1 aliphatic heterocycles. The highest BCUT2D eigenvalue weighted by molar-refractivity contribution is 6.07. The highest BCUT2D eigenvalue weighted by atomic mass is 19.1. The summed E-state index contributed by atoms with van der Waals surface area (Å²) in [5.41, 5.74) is 2.77. The lowest BCUT2D eigenvalue weighted by molar-refractivity contribution is 0.0748. The molecule has 0 aliphatic carbocycles. The van der Waals surface area contributed by atoms with E-state index in [4.69, 9.17) is 4.98 Å². The van der Waals surface area contributed by atoms with E-state index >= 15 is 0 Å². The van der Waals surface area contributed by atoms with Gasteiger partial charge in [-0.05, 0) is 42.5 Å². The summed E-state index contributed by atoms with van der Waals surface area (Å²) < 4.78 is 13.4. The van der Waals surface area contributed by atoms with E-state index in [1.54, 1.807) is 30.6 Å². The van der Waals surface area contributed by atoms with E-state index in [9.17, 15) is 9.18 Å². The van der Waals surface area contributed by atoms with E-state index in [0.29, 0.717) is 43.4 Å². The number of hydrogen-bond acceptors (Lipinski definition) is 5. The maximum absolute atomic E-state index is 13.5. The van der Waals surface area contributed by atoms with Crippen molar-refractivity contribution >= 4 is 22.8 Å². The van der Waals surface area contributed by atoms with Gasteiger partial charge in [0.15, 0.2) is 0 Å². The van der Waals surface area contributed by atoms with Gasteiger partial charge < -0.3 is 9.80 Å². The number of nitrogens with zero attached hydrogens (tertiary/aromatic N) is 5. The average Bonchev–Trinajstić information content (AvgIpc) is 2.84. The first-order chi connectivity index (χ1) is 15.2. The molecule has 1 saturated heterocycles. The van der Waals surface area contributed by atoms with E-state index in [1.165, 1.54) is 12.1 Å². The van der Waals surface area contributed by atoms with Crippen molar-refractivity contribution in [2.75, 3.05) is 31.1 Å². The van der Waals surface area contributed by atoms with Crippen LogP contribution >= 0.6 is 0 Å². The van der Waals surface area contributed by atoms with Crippen LogP contribution in [0.3, 0.4) is 0 Å². The topological polar surface area (TPSA) is 62.2 Å². The van der Waals surface area contributed by atoms with Crippen LogP contribution in [0.5, 0.6) is 0 Å². The summed E-state index contributed by atoms with van der Waals surface area (Å²) in [6.45, 7) is 2.51. The van der Waals surface area contributed by atoms with E-state index in [1.807, 2.05) is 35.2 Å². The number of carbonyl (C=O) groups excluding carboxylic acids is 1. The lowest BCUT2D eigenvalue weighted by Crippen LogP contribution is -2.49. The molecule has 0 N–H and O–H groups in total. The number of rotatable bonds is 3. The number of para-hydroxylation sites is 1. The summed E-state index contributed by atoms with van der Waals surface area (Å²) in [5, 5.41) is 0.812. The number of hydrogen-bond donors (Lipinski definition) is 0. The molecule has 6 nitrogen and oxygen atoms in total. The molecule has 0 unspecified atom stereocenters. The minimum atomic E-state index is -0.305. The molecule has 0 radical (unpaired) electrons. The van der Waals surface area contributed by atoms with Crippen molar-refractivity contribution in [3.8, 4) is 11.3 Å². The Morgan fingerprint density at radius 1 is 0.871 bits per heavy atom. The van der Waals surface area contributed by atoms with Gasteiger partial charge in [-0.1, -0.05) is 18.2 Å². The number of anilines is 1. The number of pyridine rings is 1. The zero-order chi connectivity index (χ0) is 21.2. The van der Waals surface area contributed by atoms with E-state index < -0.39 is 0 Å². The second-order valence-electron chi connectivity index (χ2n) is 7.41. The van der Waals surface area contributed by atoms with Crippen molar-refractivity contribution in [2.45, 2.75) is 0 Å². The highest BCUT2D eigenvalue weighted by Crippen LogP contribution is 2.26. The molecular formula is C24H20FN5O. The molecule has 1 aliphatic rings. The zero-order valence-corrected chi connectivity index (χ0v) is 16.8. The van der Waals surface area contributed by atoms with Gasteiger partial charge in [0.2, 0.25) is 5.95 Å². The first-order valence-corrected chi connectivity index (χ1v) is 10.2. The average molecular weight is 413 g/mol. The number of carbonyl (C=O) groups is 1. The molecule has 154 valence electrons. The first-order valence-electron chi connectivity index (χ1n) is 10.2. The molecule has 0 atom stereocenters. The molecule has 31 heavy (non-hydrogen) atoms. The molecule has 1 amide bonds. The summed E-state index contributed by atoms with van der Waals surface area (Å²) in [4.78, 5) is 30.7. The molecule has 2 aromatic carbocycles. The summed E-state index contributed by atoms with van der Waals surface area (Å²) in [7, 11) is 0. The SMILES string of the molecule is O=C(c1cc(-c2ccc(F)cc2)nc2ccccc12)N1CCN(c2ncccn2)CC1. The number of halogens is 1. The number of amides is 1. The number of fused-ring (bicyclic) bond motifs is 1. The number of aromatic nitrogens is 3. The third kappa shape index (κ3) is 3.82. The Kier molecular flexibility index (Phi) is 5.00. The molecule has 0 spiro atoms. The van der Waals surface area contributed by atoms with Crippen molar-refractivity contribution in [3.05, 3.63) is 84.4 Å². The Morgan fingerprint density at radius 3 is 2.32 bits per heavy atom. The minimum Gasteiger partial charge on any atom is -0.337 e. The molecule has 0 bridgehead atoms. The normalized spacial score (nSPS) is 14.1. The Hall–Kier alpha value is -3.87. The molecule has 0 saturated carbocycles.